The van der Waals surface area contributed by atoms with Gasteiger partial charge in [0.1, 0.15) is 5.82 Å². The van der Waals surface area contributed by atoms with E-state index in [1.165, 1.54) is 6.07 Å². The van der Waals surface area contributed by atoms with Gasteiger partial charge >= 0.3 is 0 Å². The third-order valence-electron chi connectivity index (χ3n) is 4.11. The first kappa shape index (κ1) is 18.7. The standard InChI is InChI=1S/C16H24ClFN2.ClH/c1-3-4-12(2)16(20-9-7-19-8-10-20)14-6-5-13(17)11-15(14)18;/h5-6,11-12,16,19H,3-4,7-10H2,1-2H3;1H/t12?,16-;/m1./s1. The highest BCUT2D eigenvalue weighted by molar-refractivity contribution is 6.30. The van der Waals surface area contributed by atoms with E-state index in [0.29, 0.717) is 10.9 Å². The molecule has 1 heterocycles. The Morgan fingerprint density at radius 1 is 1.33 bits per heavy atom. The fourth-order valence-electron chi connectivity index (χ4n) is 3.18. The molecule has 120 valence electrons. The van der Waals surface area contributed by atoms with Gasteiger partial charge < -0.3 is 5.32 Å². The fraction of sp³-hybridized carbons (Fsp3) is 0.625. The second-order valence-corrected chi connectivity index (χ2v) is 6.10. The van der Waals surface area contributed by atoms with E-state index in [1.807, 2.05) is 6.07 Å². The fourth-order valence-corrected chi connectivity index (χ4v) is 3.34. The van der Waals surface area contributed by atoms with Gasteiger partial charge in [-0.15, -0.1) is 12.4 Å². The number of nitrogens with zero attached hydrogens (tertiary/aromatic N) is 1. The average molecular weight is 335 g/mol. The van der Waals surface area contributed by atoms with Crippen LogP contribution in [0.25, 0.3) is 0 Å². The Morgan fingerprint density at radius 3 is 2.57 bits per heavy atom. The van der Waals surface area contributed by atoms with Crippen LogP contribution in [-0.2, 0) is 0 Å². The van der Waals surface area contributed by atoms with Crippen molar-refractivity contribution < 1.29 is 4.39 Å². The molecule has 1 aromatic carbocycles. The summed E-state index contributed by atoms with van der Waals surface area (Å²) in [7, 11) is 0. The topological polar surface area (TPSA) is 15.3 Å². The van der Waals surface area contributed by atoms with Crippen molar-refractivity contribution in [2.75, 3.05) is 26.2 Å². The molecule has 0 saturated carbocycles. The number of halogens is 3. The van der Waals surface area contributed by atoms with Crippen molar-refractivity contribution in [3.63, 3.8) is 0 Å². The highest BCUT2D eigenvalue weighted by Gasteiger charge is 2.28. The molecule has 0 aromatic heterocycles. The van der Waals surface area contributed by atoms with Crippen LogP contribution < -0.4 is 5.32 Å². The second kappa shape index (κ2) is 8.94. The molecule has 1 unspecified atom stereocenters. The molecule has 0 aliphatic carbocycles. The molecule has 0 amide bonds. The molecule has 1 aromatic rings. The van der Waals surface area contributed by atoms with E-state index in [-0.39, 0.29) is 24.3 Å². The van der Waals surface area contributed by atoms with Crippen LogP contribution in [0.1, 0.15) is 38.3 Å². The van der Waals surface area contributed by atoms with Crippen molar-refractivity contribution in [2.24, 2.45) is 5.92 Å². The zero-order valence-corrected chi connectivity index (χ0v) is 14.3. The maximum atomic E-state index is 14.3. The normalized spacial score (nSPS) is 18.9. The van der Waals surface area contributed by atoms with Crippen LogP contribution in [0.15, 0.2) is 18.2 Å². The largest absolute Gasteiger partial charge is 0.314 e. The van der Waals surface area contributed by atoms with E-state index < -0.39 is 0 Å². The van der Waals surface area contributed by atoms with E-state index in [2.05, 4.69) is 24.1 Å². The SMILES string of the molecule is CCCC(C)[C@H](c1ccc(Cl)cc1F)N1CCNCC1.Cl. The van der Waals surface area contributed by atoms with Crippen molar-refractivity contribution in [1.29, 1.82) is 0 Å². The van der Waals surface area contributed by atoms with E-state index >= 15 is 0 Å². The summed E-state index contributed by atoms with van der Waals surface area (Å²) in [5.74, 6) is 0.262. The molecule has 0 bridgehead atoms. The zero-order valence-electron chi connectivity index (χ0n) is 12.7. The first-order valence-corrected chi connectivity index (χ1v) is 7.91. The molecule has 1 fully saturated rings. The van der Waals surface area contributed by atoms with E-state index in [0.717, 1.165) is 44.6 Å². The van der Waals surface area contributed by atoms with Gasteiger partial charge in [0.15, 0.2) is 0 Å². The average Bonchev–Trinajstić information content (AvgIpc) is 2.43. The first-order valence-electron chi connectivity index (χ1n) is 7.53. The number of benzene rings is 1. The van der Waals surface area contributed by atoms with Crippen molar-refractivity contribution in [1.82, 2.24) is 10.2 Å². The van der Waals surface area contributed by atoms with Crippen LogP contribution in [0, 0.1) is 11.7 Å². The summed E-state index contributed by atoms with van der Waals surface area (Å²) in [4.78, 5) is 2.41. The summed E-state index contributed by atoms with van der Waals surface area (Å²) in [6.45, 7) is 8.31. The summed E-state index contributed by atoms with van der Waals surface area (Å²) in [6, 6.07) is 5.24. The first-order chi connectivity index (χ1) is 9.63. The Balaban J connectivity index is 0.00000220. The van der Waals surface area contributed by atoms with Crippen molar-refractivity contribution in [3.05, 3.63) is 34.6 Å². The maximum absolute atomic E-state index is 14.3. The highest BCUT2D eigenvalue weighted by Crippen LogP contribution is 2.34. The molecule has 1 aliphatic rings. The molecular weight excluding hydrogens is 310 g/mol. The number of hydrogen-bond donors (Lipinski definition) is 1. The summed E-state index contributed by atoms with van der Waals surface area (Å²) in [5, 5.41) is 3.83. The summed E-state index contributed by atoms with van der Waals surface area (Å²) in [5.41, 5.74) is 0.789. The van der Waals surface area contributed by atoms with E-state index in [9.17, 15) is 4.39 Å². The summed E-state index contributed by atoms with van der Waals surface area (Å²) < 4.78 is 14.3. The zero-order chi connectivity index (χ0) is 14.5. The van der Waals surface area contributed by atoms with Gasteiger partial charge in [-0.2, -0.15) is 0 Å². The molecule has 1 saturated heterocycles. The molecular formula is C16H25Cl2FN2. The Kier molecular flexibility index (Phi) is 7.96. The monoisotopic (exact) mass is 334 g/mol. The van der Waals surface area contributed by atoms with Crippen LogP contribution in [0.3, 0.4) is 0 Å². The Bertz CT molecular complexity index is 436. The predicted molar refractivity (Wildman–Crippen MR) is 89.9 cm³/mol. The van der Waals surface area contributed by atoms with Crippen LogP contribution in [0.2, 0.25) is 5.02 Å². The lowest BCUT2D eigenvalue weighted by molar-refractivity contribution is 0.123. The van der Waals surface area contributed by atoms with Crippen molar-refractivity contribution in [3.8, 4) is 0 Å². The smallest absolute Gasteiger partial charge is 0.129 e. The number of rotatable bonds is 5. The van der Waals surface area contributed by atoms with Crippen LogP contribution in [0.5, 0.6) is 0 Å². The van der Waals surface area contributed by atoms with Gasteiger partial charge in [-0.05, 0) is 24.5 Å². The summed E-state index contributed by atoms with van der Waals surface area (Å²) in [6.07, 6.45) is 2.23. The quantitative estimate of drug-likeness (QED) is 0.864. The van der Waals surface area contributed by atoms with Gasteiger partial charge in [-0.1, -0.05) is 37.9 Å². The van der Waals surface area contributed by atoms with Gasteiger partial charge in [0, 0.05) is 42.8 Å². The summed E-state index contributed by atoms with van der Waals surface area (Å²) >= 11 is 5.88. The van der Waals surface area contributed by atoms with Gasteiger partial charge in [0.25, 0.3) is 0 Å². The maximum Gasteiger partial charge on any atom is 0.129 e. The molecule has 2 nitrogen and oxygen atoms in total. The Labute approximate surface area is 138 Å². The third kappa shape index (κ3) is 4.82. The molecule has 2 atom stereocenters. The minimum Gasteiger partial charge on any atom is -0.314 e. The minimum atomic E-state index is -0.177. The lowest BCUT2D eigenvalue weighted by Crippen LogP contribution is -2.46. The Hall–Kier alpha value is -0.350. The number of hydrogen-bond acceptors (Lipinski definition) is 2. The molecule has 0 spiro atoms. The van der Waals surface area contributed by atoms with Crippen molar-refractivity contribution in [2.45, 2.75) is 32.7 Å². The number of nitrogens with one attached hydrogen (secondary N) is 1. The molecule has 1 aliphatic heterocycles. The van der Waals surface area contributed by atoms with E-state index in [1.54, 1.807) is 6.07 Å². The van der Waals surface area contributed by atoms with Crippen LogP contribution in [0.4, 0.5) is 4.39 Å². The number of piperazine rings is 1. The van der Waals surface area contributed by atoms with Crippen LogP contribution in [-0.4, -0.2) is 31.1 Å². The lowest BCUT2D eigenvalue weighted by Gasteiger charge is -2.38. The Morgan fingerprint density at radius 2 is 2.00 bits per heavy atom. The van der Waals surface area contributed by atoms with Gasteiger partial charge in [0.05, 0.1) is 0 Å². The molecule has 2 rings (SSSR count). The second-order valence-electron chi connectivity index (χ2n) is 5.66. The molecule has 21 heavy (non-hydrogen) atoms. The van der Waals surface area contributed by atoms with E-state index in [4.69, 9.17) is 11.6 Å². The van der Waals surface area contributed by atoms with Gasteiger partial charge in [0.2, 0.25) is 0 Å². The van der Waals surface area contributed by atoms with Gasteiger partial charge in [-0.3, -0.25) is 4.90 Å². The third-order valence-corrected chi connectivity index (χ3v) is 4.34. The molecule has 0 radical (unpaired) electrons. The predicted octanol–water partition coefficient (Wildman–Crippen LogP) is 4.28. The minimum absolute atomic E-state index is 0. The highest BCUT2D eigenvalue weighted by atomic mass is 35.5. The van der Waals surface area contributed by atoms with Gasteiger partial charge in [-0.25, -0.2) is 4.39 Å². The van der Waals surface area contributed by atoms with Crippen LogP contribution >= 0.6 is 24.0 Å². The lowest BCUT2D eigenvalue weighted by atomic mass is 9.89. The molecule has 5 heteroatoms. The van der Waals surface area contributed by atoms with Crippen molar-refractivity contribution >= 4 is 24.0 Å². The molecule has 1 N–H and O–H groups in total.